The monoisotopic (exact) mass is 272 g/mol. The lowest BCUT2D eigenvalue weighted by atomic mass is 10.4. The number of rotatable bonds is 11. The van der Waals surface area contributed by atoms with Crippen LogP contribution in [0.3, 0.4) is 0 Å². The third-order valence-corrected chi connectivity index (χ3v) is 2.88. The zero-order valence-corrected chi connectivity index (χ0v) is 13.2. The predicted molar refractivity (Wildman–Crippen MR) is 82.9 cm³/mol. The van der Waals surface area contributed by atoms with Gasteiger partial charge in [-0.25, -0.2) is 0 Å². The number of hydrogen-bond donors (Lipinski definition) is 2. The van der Waals surface area contributed by atoms with Gasteiger partial charge in [0.05, 0.1) is 6.61 Å². The number of guanidine groups is 1. The molecule has 2 N–H and O–H groups in total. The van der Waals surface area contributed by atoms with Gasteiger partial charge in [-0.1, -0.05) is 13.8 Å². The summed E-state index contributed by atoms with van der Waals surface area (Å²) in [6.45, 7) is 15.9. The minimum Gasteiger partial charge on any atom is -0.380 e. The molecule has 0 aromatic rings. The first-order valence-corrected chi connectivity index (χ1v) is 7.60. The average Bonchev–Trinajstić information content (AvgIpc) is 2.43. The molecule has 0 bridgehead atoms. The molecule has 0 aliphatic heterocycles. The summed E-state index contributed by atoms with van der Waals surface area (Å²) in [7, 11) is 0. The first-order chi connectivity index (χ1) is 9.28. The summed E-state index contributed by atoms with van der Waals surface area (Å²) in [5.41, 5.74) is 0. The Kier molecular flexibility index (Phi) is 13.0. The first-order valence-electron chi connectivity index (χ1n) is 7.60. The van der Waals surface area contributed by atoms with Crippen LogP contribution in [-0.4, -0.2) is 63.3 Å². The van der Waals surface area contributed by atoms with Crippen molar-refractivity contribution in [2.75, 3.05) is 52.5 Å². The number of aliphatic imine (C=N–C) groups is 1. The van der Waals surface area contributed by atoms with Gasteiger partial charge in [0.25, 0.3) is 0 Å². The molecule has 0 radical (unpaired) electrons. The summed E-state index contributed by atoms with van der Waals surface area (Å²) >= 11 is 0. The van der Waals surface area contributed by atoms with Crippen molar-refractivity contribution in [3.05, 3.63) is 0 Å². The highest BCUT2D eigenvalue weighted by Gasteiger charge is 1.99. The second-order valence-electron chi connectivity index (χ2n) is 4.26. The lowest BCUT2D eigenvalue weighted by molar-refractivity contribution is 0.152. The minimum absolute atomic E-state index is 0.723. The van der Waals surface area contributed by atoms with Crippen LogP contribution in [0.15, 0.2) is 4.99 Å². The number of nitrogens with zero attached hydrogens (tertiary/aromatic N) is 2. The van der Waals surface area contributed by atoms with Gasteiger partial charge in [0, 0.05) is 26.2 Å². The fourth-order valence-corrected chi connectivity index (χ4v) is 1.75. The highest BCUT2D eigenvalue weighted by Crippen LogP contribution is 1.91. The Morgan fingerprint density at radius 3 is 2.42 bits per heavy atom. The summed E-state index contributed by atoms with van der Waals surface area (Å²) < 4.78 is 5.30. The summed E-state index contributed by atoms with van der Waals surface area (Å²) in [5.74, 6) is 0.891. The van der Waals surface area contributed by atoms with E-state index in [1.807, 2.05) is 6.92 Å². The molecule has 5 nitrogen and oxygen atoms in total. The van der Waals surface area contributed by atoms with Crippen LogP contribution < -0.4 is 10.6 Å². The molecule has 0 spiro atoms. The fraction of sp³-hybridized carbons (Fsp3) is 0.929. The third-order valence-electron chi connectivity index (χ3n) is 2.88. The fourth-order valence-electron chi connectivity index (χ4n) is 1.75. The van der Waals surface area contributed by atoms with Gasteiger partial charge < -0.3 is 20.3 Å². The molecule has 19 heavy (non-hydrogen) atoms. The molecule has 0 fully saturated rings. The van der Waals surface area contributed by atoms with Crippen molar-refractivity contribution < 1.29 is 4.74 Å². The Hall–Kier alpha value is -0.810. The molecule has 0 saturated carbocycles. The molecule has 0 aliphatic carbocycles. The number of ether oxygens (including phenoxy) is 1. The number of hydrogen-bond acceptors (Lipinski definition) is 3. The van der Waals surface area contributed by atoms with E-state index in [9.17, 15) is 0 Å². The average molecular weight is 272 g/mol. The molecule has 5 heteroatoms. The van der Waals surface area contributed by atoms with Crippen LogP contribution in [0.2, 0.25) is 0 Å². The van der Waals surface area contributed by atoms with Gasteiger partial charge in [0.1, 0.15) is 0 Å². The molecule has 0 aromatic heterocycles. The van der Waals surface area contributed by atoms with Crippen LogP contribution >= 0.6 is 0 Å². The largest absolute Gasteiger partial charge is 0.380 e. The molecule has 0 rings (SSSR count). The molecule has 0 heterocycles. The molecule has 0 saturated heterocycles. The van der Waals surface area contributed by atoms with Crippen molar-refractivity contribution in [2.24, 2.45) is 4.99 Å². The zero-order valence-electron chi connectivity index (χ0n) is 13.2. The van der Waals surface area contributed by atoms with E-state index in [0.717, 1.165) is 64.9 Å². The van der Waals surface area contributed by atoms with Gasteiger partial charge in [-0.3, -0.25) is 4.99 Å². The Labute approximate surface area is 118 Å². The van der Waals surface area contributed by atoms with E-state index in [1.54, 1.807) is 0 Å². The van der Waals surface area contributed by atoms with E-state index in [4.69, 9.17) is 4.74 Å². The molecular weight excluding hydrogens is 240 g/mol. The van der Waals surface area contributed by atoms with Gasteiger partial charge >= 0.3 is 0 Å². The quantitative estimate of drug-likeness (QED) is 0.338. The summed E-state index contributed by atoms with van der Waals surface area (Å²) in [6.07, 6.45) is 1.10. The van der Waals surface area contributed by atoms with E-state index < -0.39 is 0 Å². The summed E-state index contributed by atoms with van der Waals surface area (Å²) in [4.78, 5) is 6.99. The van der Waals surface area contributed by atoms with E-state index >= 15 is 0 Å². The molecule has 0 amide bonds. The van der Waals surface area contributed by atoms with Gasteiger partial charge in [-0.2, -0.15) is 0 Å². The Morgan fingerprint density at radius 2 is 1.84 bits per heavy atom. The highest BCUT2D eigenvalue weighted by molar-refractivity contribution is 5.79. The van der Waals surface area contributed by atoms with E-state index in [1.165, 1.54) is 0 Å². The van der Waals surface area contributed by atoms with Gasteiger partial charge in [-0.05, 0) is 39.9 Å². The van der Waals surface area contributed by atoms with Crippen molar-refractivity contribution in [3.63, 3.8) is 0 Å². The second-order valence-corrected chi connectivity index (χ2v) is 4.26. The van der Waals surface area contributed by atoms with Crippen molar-refractivity contribution in [2.45, 2.75) is 34.1 Å². The van der Waals surface area contributed by atoms with Gasteiger partial charge in [0.2, 0.25) is 0 Å². The smallest absolute Gasteiger partial charge is 0.191 e. The van der Waals surface area contributed by atoms with Crippen LogP contribution in [0.5, 0.6) is 0 Å². The molecule has 0 unspecified atom stereocenters. The van der Waals surface area contributed by atoms with Crippen LogP contribution in [0.25, 0.3) is 0 Å². The molecule has 0 atom stereocenters. The molecular formula is C14H32N4O. The topological polar surface area (TPSA) is 48.9 Å². The molecule has 0 aliphatic rings. The van der Waals surface area contributed by atoms with Crippen molar-refractivity contribution in [3.8, 4) is 0 Å². The zero-order chi connectivity index (χ0) is 14.3. The molecule has 114 valence electrons. The lowest BCUT2D eigenvalue weighted by Gasteiger charge is -2.17. The first kappa shape index (κ1) is 18.2. The van der Waals surface area contributed by atoms with E-state index in [0.29, 0.717) is 0 Å². The van der Waals surface area contributed by atoms with E-state index in [-0.39, 0.29) is 0 Å². The predicted octanol–water partition coefficient (Wildman–Crippen LogP) is 1.31. The summed E-state index contributed by atoms with van der Waals surface area (Å²) in [5, 5.41) is 6.52. The van der Waals surface area contributed by atoms with Crippen molar-refractivity contribution in [1.82, 2.24) is 15.5 Å². The maximum Gasteiger partial charge on any atom is 0.191 e. The Morgan fingerprint density at radius 1 is 1.11 bits per heavy atom. The van der Waals surface area contributed by atoms with Gasteiger partial charge in [-0.15, -0.1) is 0 Å². The van der Waals surface area contributed by atoms with Crippen LogP contribution in [0, 0.1) is 0 Å². The summed E-state index contributed by atoms with van der Waals surface area (Å²) in [6, 6.07) is 0. The van der Waals surface area contributed by atoms with E-state index in [2.05, 4.69) is 41.3 Å². The maximum atomic E-state index is 5.30. The highest BCUT2D eigenvalue weighted by atomic mass is 16.5. The standard InChI is InChI=1S/C14H32N4O/c1-5-15-14(17-11-13-19-8-4)16-10-9-12-18(6-2)7-3/h5-13H2,1-4H3,(H2,15,16,17). The SMILES string of the molecule is CCNC(=NCCCN(CC)CC)NCCOCC. The van der Waals surface area contributed by atoms with Crippen molar-refractivity contribution >= 4 is 5.96 Å². The van der Waals surface area contributed by atoms with Crippen LogP contribution in [-0.2, 0) is 4.74 Å². The normalized spacial score (nSPS) is 11.9. The molecule has 0 aromatic carbocycles. The minimum atomic E-state index is 0.723. The number of nitrogens with one attached hydrogen (secondary N) is 2. The lowest BCUT2D eigenvalue weighted by Crippen LogP contribution is -2.39. The van der Waals surface area contributed by atoms with Gasteiger partial charge in [0.15, 0.2) is 5.96 Å². The second kappa shape index (κ2) is 13.6. The Bertz CT molecular complexity index is 217. The third kappa shape index (κ3) is 10.8. The van der Waals surface area contributed by atoms with Crippen molar-refractivity contribution in [1.29, 1.82) is 0 Å². The van der Waals surface area contributed by atoms with Crippen LogP contribution in [0.1, 0.15) is 34.1 Å². The maximum absolute atomic E-state index is 5.30. The Balaban J connectivity index is 3.84. The van der Waals surface area contributed by atoms with Crippen LogP contribution in [0.4, 0.5) is 0 Å².